The lowest BCUT2D eigenvalue weighted by Crippen LogP contribution is -2.20. The number of ether oxygens (including phenoxy) is 1. The molecule has 0 amide bonds. The van der Waals surface area contributed by atoms with Gasteiger partial charge in [-0.05, 0) is 52.7 Å². The van der Waals surface area contributed by atoms with E-state index in [1.807, 2.05) is 0 Å². The Morgan fingerprint density at radius 3 is 2.78 bits per heavy atom. The first-order chi connectivity index (χ1) is 11.2. The lowest BCUT2D eigenvalue weighted by Gasteiger charge is -2.14. The third-order valence-electron chi connectivity index (χ3n) is 4.34. The van der Waals surface area contributed by atoms with E-state index in [0.29, 0.717) is 12.0 Å². The molecule has 2 N–H and O–H groups in total. The third-order valence-corrected chi connectivity index (χ3v) is 4.34. The summed E-state index contributed by atoms with van der Waals surface area (Å²) in [5.41, 5.74) is 1.17. The van der Waals surface area contributed by atoms with Crippen molar-refractivity contribution in [2.24, 2.45) is 0 Å². The van der Waals surface area contributed by atoms with Gasteiger partial charge in [-0.15, -0.1) is 0 Å². The maximum atomic E-state index is 5.67. The van der Waals surface area contributed by atoms with Gasteiger partial charge in [0.1, 0.15) is 5.82 Å². The molecule has 0 aromatic carbocycles. The molecule has 1 saturated heterocycles. The molecule has 1 saturated carbocycles. The average Bonchev–Trinajstić information content (AvgIpc) is 3.26. The van der Waals surface area contributed by atoms with E-state index in [1.165, 1.54) is 25.0 Å². The Bertz CT molecular complexity index is 498. The molecule has 2 fully saturated rings. The van der Waals surface area contributed by atoms with E-state index in [4.69, 9.17) is 4.74 Å². The van der Waals surface area contributed by atoms with Gasteiger partial charge in [0.05, 0.1) is 11.8 Å². The summed E-state index contributed by atoms with van der Waals surface area (Å²) in [7, 11) is 4.19. The number of hydrogen-bond acceptors (Lipinski definition) is 6. The van der Waals surface area contributed by atoms with Crippen molar-refractivity contribution in [3.63, 3.8) is 0 Å². The summed E-state index contributed by atoms with van der Waals surface area (Å²) in [5, 5.41) is 6.81. The van der Waals surface area contributed by atoms with E-state index in [-0.39, 0.29) is 0 Å². The molecule has 1 aromatic rings. The Labute approximate surface area is 139 Å². The molecule has 1 aliphatic carbocycles. The average molecular weight is 319 g/mol. The summed E-state index contributed by atoms with van der Waals surface area (Å²) in [6.07, 6.45) is 6.23. The van der Waals surface area contributed by atoms with Gasteiger partial charge in [0.15, 0.2) is 0 Å². The summed E-state index contributed by atoms with van der Waals surface area (Å²) >= 11 is 0. The van der Waals surface area contributed by atoms with E-state index in [2.05, 4.69) is 45.7 Å². The molecule has 6 heteroatoms. The van der Waals surface area contributed by atoms with Crippen LogP contribution in [0, 0.1) is 0 Å². The topological polar surface area (TPSA) is 62.3 Å². The molecule has 0 bridgehead atoms. The van der Waals surface area contributed by atoms with Crippen molar-refractivity contribution in [1.29, 1.82) is 0 Å². The Morgan fingerprint density at radius 2 is 2.09 bits per heavy atom. The lowest BCUT2D eigenvalue weighted by atomic mass is 10.2. The van der Waals surface area contributed by atoms with Crippen LogP contribution in [0.2, 0.25) is 0 Å². The second kappa shape index (κ2) is 7.93. The van der Waals surface area contributed by atoms with Crippen LogP contribution < -0.4 is 10.6 Å². The summed E-state index contributed by atoms with van der Waals surface area (Å²) in [6, 6.07) is 2.11. The molecular weight excluding hydrogens is 290 g/mol. The van der Waals surface area contributed by atoms with Crippen LogP contribution in [0.1, 0.15) is 43.7 Å². The molecular formula is C17H29N5O. The third kappa shape index (κ3) is 5.32. The van der Waals surface area contributed by atoms with Crippen LogP contribution in [0.4, 0.5) is 11.8 Å². The number of rotatable bonds is 9. The highest BCUT2D eigenvalue weighted by Gasteiger charge is 2.26. The van der Waals surface area contributed by atoms with Gasteiger partial charge in [0, 0.05) is 31.7 Å². The zero-order valence-electron chi connectivity index (χ0n) is 14.3. The molecule has 23 heavy (non-hydrogen) atoms. The van der Waals surface area contributed by atoms with Crippen molar-refractivity contribution in [2.75, 3.05) is 51.0 Å². The van der Waals surface area contributed by atoms with Crippen LogP contribution in [0.15, 0.2) is 6.07 Å². The van der Waals surface area contributed by atoms with E-state index in [1.54, 1.807) is 0 Å². The molecule has 1 aromatic heterocycles. The van der Waals surface area contributed by atoms with Crippen LogP contribution in [-0.2, 0) is 4.74 Å². The minimum absolute atomic E-state index is 0.325. The molecule has 3 rings (SSSR count). The molecule has 2 heterocycles. The number of hydrogen-bond donors (Lipinski definition) is 2. The van der Waals surface area contributed by atoms with E-state index in [9.17, 15) is 0 Å². The van der Waals surface area contributed by atoms with Gasteiger partial charge in [-0.1, -0.05) is 0 Å². The van der Waals surface area contributed by atoms with Gasteiger partial charge in [0.25, 0.3) is 0 Å². The number of anilines is 2. The quantitative estimate of drug-likeness (QED) is 0.681. The zero-order valence-corrected chi connectivity index (χ0v) is 14.3. The predicted molar refractivity (Wildman–Crippen MR) is 93.1 cm³/mol. The molecule has 0 unspecified atom stereocenters. The first-order valence-corrected chi connectivity index (χ1v) is 8.84. The van der Waals surface area contributed by atoms with Crippen LogP contribution in [0.3, 0.4) is 0 Å². The summed E-state index contributed by atoms with van der Waals surface area (Å²) < 4.78 is 5.67. The summed E-state index contributed by atoms with van der Waals surface area (Å²) in [6.45, 7) is 3.69. The Morgan fingerprint density at radius 1 is 1.22 bits per heavy atom. The van der Waals surface area contributed by atoms with Gasteiger partial charge in [0.2, 0.25) is 5.95 Å². The van der Waals surface area contributed by atoms with Gasteiger partial charge in [-0.25, -0.2) is 4.98 Å². The van der Waals surface area contributed by atoms with Crippen molar-refractivity contribution in [3.8, 4) is 0 Å². The van der Waals surface area contributed by atoms with E-state index >= 15 is 0 Å². The smallest absolute Gasteiger partial charge is 0.224 e. The Hall–Kier alpha value is -1.40. The first kappa shape index (κ1) is 16.5. The normalized spacial score (nSPS) is 20.9. The fourth-order valence-electron chi connectivity index (χ4n) is 2.84. The van der Waals surface area contributed by atoms with Crippen LogP contribution in [0.25, 0.3) is 0 Å². The lowest BCUT2D eigenvalue weighted by molar-refractivity contribution is 0.120. The van der Waals surface area contributed by atoms with E-state index in [0.717, 1.165) is 50.8 Å². The highest BCUT2D eigenvalue weighted by atomic mass is 16.5. The maximum Gasteiger partial charge on any atom is 0.224 e. The molecule has 2 aliphatic rings. The van der Waals surface area contributed by atoms with Gasteiger partial charge in [-0.3, -0.25) is 0 Å². The van der Waals surface area contributed by atoms with Gasteiger partial charge < -0.3 is 20.3 Å². The van der Waals surface area contributed by atoms with Gasteiger partial charge >= 0.3 is 0 Å². The van der Waals surface area contributed by atoms with E-state index < -0.39 is 0 Å². The number of nitrogens with one attached hydrogen (secondary N) is 2. The van der Waals surface area contributed by atoms with Crippen molar-refractivity contribution >= 4 is 11.8 Å². The van der Waals surface area contributed by atoms with Crippen LogP contribution >= 0.6 is 0 Å². The molecule has 0 radical (unpaired) electrons. The second-order valence-corrected chi connectivity index (χ2v) is 6.88. The Balaban J connectivity index is 1.56. The first-order valence-electron chi connectivity index (χ1n) is 8.84. The monoisotopic (exact) mass is 319 g/mol. The summed E-state index contributed by atoms with van der Waals surface area (Å²) in [5.74, 6) is 2.30. The largest absolute Gasteiger partial charge is 0.376 e. The SMILES string of the molecule is CN(C)CCCNc1nc(NC[C@H]2CCCO2)cc(C2CC2)n1. The second-order valence-electron chi connectivity index (χ2n) is 6.88. The standard InChI is InChI=1S/C17H29N5O/c1-22(2)9-4-8-18-17-20-15(13-6-7-13)11-16(21-17)19-12-14-5-3-10-23-14/h11,13-14H,3-10,12H2,1-2H3,(H2,18,19,20,21)/t14-/m1/s1. The minimum atomic E-state index is 0.325. The molecule has 0 spiro atoms. The molecule has 128 valence electrons. The van der Waals surface area contributed by atoms with Crippen molar-refractivity contribution in [1.82, 2.24) is 14.9 Å². The minimum Gasteiger partial charge on any atom is -0.376 e. The molecule has 6 nitrogen and oxygen atoms in total. The zero-order chi connectivity index (χ0) is 16.1. The van der Waals surface area contributed by atoms with Crippen molar-refractivity contribution < 1.29 is 4.74 Å². The van der Waals surface area contributed by atoms with Crippen LogP contribution in [-0.4, -0.2) is 61.3 Å². The fraction of sp³-hybridized carbons (Fsp3) is 0.765. The predicted octanol–water partition coefficient (Wildman–Crippen LogP) is 2.31. The molecule has 1 aliphatic heterocycles. The van der Waals surface area contributed by atoms with Gasteiger partial charge in [-0.2, -0.15) is 4.98 Å². The highest BCUT2D eigenvalue weighted by Crippen LogP contribution is 2.39. The fourth-order valence-corrected chi connectivity index (χ4v) is 2.84. The number of aromatic nitrogens is 2. The van der Waals surface area contributed by atoms with Crippen molar-refractivity contribution in [3.05, 3.63) is 11.8 Å². The highest BCUT2D eigenvalue weighted by molar-refractivity contribution is 5.44. The van der Waals surface area contributed by atoms with Crippen LogP contribution in [0.5, 0.6) is 0 Å². The maximum absolute atomic E-state index is 5.67. The summed E-state index contributed by atoms with van der Waals surface area (Å²) in [4.78, 5) is 11.5. The number of nitrogens with zero attached hydrogens (tertiary/aromatic N) is 3. The molecule has 1 atom stereocenters. The Kier molecular flexibility index (Phi) is 5.67. The van der Waals surface area contributed by atoms with Crippen molar-refractivity contribution in [2.45, 2.75) is 44.1 Å².